The fourth-order valence-electron chi connectivity index (χ4n) is 1.29. The summed E-state index contributed by atoms with van der Waals surface area (Å²) in [7, 11) is 1.69. The van der Waals surface area contributed by atoms with Crippen molar-refractivity contribution in [1.82, 2.24) is 10.6 Å². The van der Waals surface area contributed by atoms with Gasteiger partial charge in [0, 0.05) is 25.8 Å². The van der Waals surface area contributed by atoms with E-state index in [4.69, 9.17) is 4.74 Å². The van der Waals surface area contributed by atoms with E-state index in [1.165, 1.54) is 0 Å². The molecule has 0 aromatic carbocycles. The second kappa shape index (κ2) is 6.86. The Labute approximate surface area is 99.1 Å². The smallest absolute Gasteiger partial charge is 0.237 e. The van der Waals surface area contributed by atoms with E-state index in [0.29, 0.717) is 12.5 Å². The minimum absolute atomic E-state index is 0.0390. The Hall–Kier alpha value is -0.610. The minimum atomic E-state index is -0.175. The monoisotopic (exact) mass is 230 g/mol. The van der Waals surface area contributed by atoms with Crippen molar-refractivity contribution < 1.29 is 9.53 Å². The molecule has 0 aromatic heterocycles. The molecule has 4 nitrogen and oxygen atoms in total. The summed E-state index contributed by atoms with van der Waals surface area (Å²) in [6.45, 7) is 11.4. The molecule has 1 amide bonds. The molecule has 0 aliphatic carbocycles. The minimum Gasteiger partial charge on any atom is -0.384 e. The van der Waals surface area contributed by atoms with E-state index in [1.54, 1.807) is 7.11 Å². The molecule has 0 saturated heterocycles. The maximum atomic E-state index is 11.7. The molecular formula is C12H26N2O2. The second-order valence-corrected chi connectivity index (χ2v) is 5.43. The lowest BCUT2D eigenvalue weighted by Crippen LogP contribution is -2.50. The second-order valence-electron chi connectivity index (χ2n) is 5.43. The summed E-state index contributed by atoms with van der Waals surface area (Å²) in [6, 6.07) is -0.168. The molecule has 96 valence electrons. The van der Waals surface area contributed by atoms with Gasteiger partial charge in [0.25, 0.3) is 0 Å². The summed E-state index contributed by atoms with van der Waals surface area (Å²) in [5.41, 5.74) is -0.175. The standard InChI is InChI=1S/C12H26N2O2/c1-9(8-16-6)7-13-10(2)11(15)14-12(3,4)5/h9-10,13H,7-8H2,1-6H3,(H,14,15). The number of ether oxygens (including phenoxy) is 1. The first kappa shape index (κ1) is 15.4. The molecule has 0 heterocycles. The number of carbonyl (C=O) groups excluding carboxylic acids is 1. The van der Waals surface area contributed by atoms with Gasteiger partial charge in [-0.2, -0.15) is 0 Å². The van der Waals surface area contributed by atoms with Crippen LogP contribution in [0.4, 0.5) is 0 Å². The Morgan fingerprint density at radius 2 is 1.88 bits per heavy atom. The third-order valence-electron chi connectivity index (χ3n) is 2.12. The van der Waals surface area contributed by atoms with E-state index < -0.39 is 0 Å². The van der Waals surface area contributed by atoms with Crippen LogP contribution in [0.2, 0.25) is 0 Å². The molecular weight excluding hydrogens is 204 g/mol. The fourth-order valence-corrected chi connectivity index (χ4v) is 1.29. The van der Waals surface area contributed by atoms with Crippen molar-refractivity contribution in [3.05, 3.63) is 0 Å². The first-order chi connectivity index (χ1) is 7.26. The molecule has 0 fully saturated rings. The topological polar surface area (TPSA) is 50.4 Å². The quantitative estimate of drug-likeness (QED) is 0.720. The summed E-state index contributed by atoms with van der Waals surface area (Å²) in [6.07, 6.45) is 0. The molecule has 0 aromatic rings. The molecule has 2 unspecified atom stereocenters. The Bertz CT molecular complexity index is 212. The third kappa shape index (κ3) is 7.65. The highest BCUT2D eigenvalue weighted by atomic mass is 16.5. The van der Waals surface area contributed by atoms with Gasteiger partial charge in [-0.3, -0.25) is 4.79 Å². The molecule has 0 bridgehead atoms. The van der Waals surface area contributed by atoms with Crippen molar-refractivity contribution in [2.45, 2.75) is 46.2 Å². The predicted octanol–water partition coefficient (Wildman–Crippen LogP) is 1.16. The van der Waals surface area contributed by atoms with E-state index in [1.807, 2.05) is 27.7 Å². The zero-order chi connectivity index (χ0) is 12.8. The highest BCUT2D eigenvalue weighted by Gasteiger charge is 2.19. The molecule has 2 N–H and O–H groups in total. The van der Waals surface area contributed by atoms with Gasteiger partial charge in [0.15, 0.2) is 0 Å². The van der Waals surface area contributed by atoms with Crippen molar-refractivity contribution >= 4 is 5.91 Å². The molecule has 2 atom stereocenters. The lowest BCUT2D eigenvalue weighted by atomic mass is 10.1. The number of rotatable bonds is 6. The van der Waals surface area contributed by atoms with Crippen LogP contribution < -0.4 is 10.6 Å². The normalized spacial score (nSPS) is 15.6. The molecule has 0 saturated carbocycles. The van der Waals surface area contributed by atoms with Crippen LogP contribution in [0.1, 0.15) is 34.6 Å². The lowest BCUT2D eigenvalue weighted by molar-refractivity contribution is -0.124. The Morgan fingerprint density at radius 1 is 1.31 bits per heavy atom. The predicted molar refractivity (Wildman–Crippen MR) is 66.4 cm³/mol. The van der Waals surface area contributed by atoms with Crippen molar-refractivity contribution in [2.24, 2.45) is 5.92 Å². The number of carbonyl (C=O) groups is 1. The Balaban J connectivity index is 3.88. The SMILES string of the molecule is COCC(C)CNC(C)C(=O)NC(C)(C)C. The van der Waals surface area contributed by atoms with Gasteiger partial charge < -0.3 is 15.4 Å². The molecule has 16 heavy (non-hydrogen) atoms. The molecule has 0 rings (SSSR count). The van der Waals surface area contributed by atoms with Crippen molar-refractivity contribution in [2.75, 3.05) is 20.3 Å². The van der Waals surface area contributed by atoms with Crippen LogP contribution in [0, 0.1) is 5.92 Å². The molecule has 0 aliphatic rings. The molecule has 0 aliphatic heterocycles. The van der Waals surface area contributed by atoms with Gasteiger partial charge in [-0.05, 0) is 33.6 Å². The number of hydrogen-bond donors (Lipinski definition) is 2. The molecule has 0 spiro atoms. The first-order valence-corrected chi connectivity index (χ1v) is 5.80. The zero-order valence-electron chi connectivity index (χ0n) is 11.4. The average molecular weight is 230 g/mol. The van der Waals surface area contributed by atoms with Crippen molar-refractivity contribution in [3.8, 4) is 0 Å². The fraction of sp³-hybridized carbons (Fsp3) is 0.917. The van der Waals surface area contributed by atoms with Gasteiger partial charge in [-0.25, -0.2) is 0 Å². The van der Waals surface area contributed by atoms with Crippen LogP contribution in [0.15, 0.2) is 0 Å². The summed E-state index contributed by atoms with van der Waals surface area (Å²) in [4.78, 5) is 11.7. The largest absolute Gasteiger partial charge is 0.384 e. The maximum absolute atomic E-state index is 11.7. The maximum Gasteiger partial charge on any atom is 0.237 e. The number of methoxy groups -OCH3 is 1. The number of nitrogens with one attached hydrogen (secondary N) is 2. The average Bonchev–Trinajstić information content (AvgIpc) is 2.11. The van der Waals surface area contributed by atoms with E-state index in [9.17, 15) is 4.79 Å². The highest BCUT2D eigenvalue weighted by molar-refractivity contribution is 5.81. The lowest BCUT2D eigenvalue weighted by Gasteiger charge is -2.24. The van der Waals surface area contributed by atoms with Crippen LogP contribution in [-0.4, -0.2) is 37.7 Å². The molecule has 4 heteroatoms. The van der Waals surface area contributed by atoms with E-state index in [-0.39, 0.29) is 17.5 Å². The summed E-state index contributed by atoms with van der Waals surface area (Å²) in [5.74, 6) is 0.451. The van der Waals surface area contributed by atoms with Crippen LogP contribution in [0.5, 0.6) is 0 Å². The Kier molecular flexibility index (Phi) is 6.60. The van der Waals surface area contributed by atoms with Crippen LogP contribution in [-0.2, 0) is 9.53 Å². The van der Waals surface area contributed by atoms with E-state index in [2.05, 4.69) is 17.6 Å². The number of hydrogen-bond acceptors (Lipinski definition) is 3. The number of amides is 1. The van der Waals surface area contributed by atoms with E-state index in [0.717, 1.165) is 6.54 Å². The van der Waals surface area contributed by atoms with Gasteiger partial charge in [-0.1, -0.05) is 6.92 Å². The summed E-state index contributed by atoms with van der Waals surface area (Å²) in [5, 5.41) is 6.14. The van der Waals surface area contributed by atoms with E-state index >= 15 is 0 Å². The first-order valence-electron chi connectivity index (χ1n) is 5.80. The van der Waals surface area contributed by atoms with Crippen LogP contribution in [0.25, 0.3) is 0 Å². The van der Waals surface area contributed by atoms with Crippen LogP contribution in [0.3, 0.4) is 0 Å². The van der Waals surface area contributed by atoms with Gasteiger partial charge in [0.05, 0.1) is 6.04 Å². The van der Waals surface area contributed by atoms with Gasteiger partial charge in [0.1, 0.15) is 0 Å². The zero-order valence-corrected chi connectivity index (χ0v) is 11.4. The van der Waals surface area contributed by atoms with Gasteiger partial charge >= 0.3 is 0 Å². The van der Waals surface area contributed by atoms with Gasteiger partial charge in [0.2, 0.25) is 5.91 Å². The summed E-state index contributed by atoms with van der Waals surface area (Å²) < 4.78 is 5.04. The van der Waals surface area contributed by atoms with Gasteiger partial charge in [-0.15, -0.1) is 0 Å². The third-order valence-corrected chi connectivity index (χ3v) is 2.12. The Morgan fingerprint density at radius 3 is 2.31 bits per heavy atom. The van der Waals surface area contributed by atoms with Crippen molar-refractivity contribution in [3.63, 3.8) is 0 Å². The summed E-state index contributed by atoms with van der Waals surface area (Å²) >= 11 is 0. The van der Waals surface area contributed by atoms with Crippen molar-refractivity contribution in [1.29, 1.82) is 0 Å². The van der Waals surface area contributed by atoms with Crippen LogP contribution >= 0.6 is 0 Å². The highest BCUT2D eigenvalue weighted by Crippen LogP contribution is 2.00. The molecule has 0 radical (unpaired) electrons.